The smallest absolute Gasteiger partial charge is 0.259 e. The normalized spacial score (nSPS) is 20.6. The average Bonchev–Trinajstić information content (AvgIpc) is 3.30. The maximum Gasteiger partial charge on any atom is 0.259 e. The lowest BCUT2D eigenvalue weighted by atomic mass is 9.88. The van der Waals surface area contributed by atoms with Gasteiger partial charge in [0.1, 0.15) is 11.6 Å². The average molecular weight is 473 g/mol. The molecule has 3 aromatic rings. The quantitative estimate of drug-likeness (QED) is 0.574. The maximum atomic E-state index is 14.9. The van der Waals surface area contributed by atoms with Gasteiger partial charge < -0.3 is 4.57 Å². The summed E-state index contributed by atoms with van der Waals surface area (Å²) in [6.07, 6.45) is 5.34. The molecule has 174 valence electrons. The lowest BCUT2D eigenvalue weighted by Crippen LogP contribution is -2.47. The van der Waals surface area contributed by atoms with Gasteiger partial charge in [-0.05, 0) is 67.2 Å². The SMILES string of the molecule is Cn1cnc(S(=O)(=O)NCc2cc3c(cc2F)CC(N2CCC2)C3Cc2cccc(F)c2)c1. The fourth-order valence-corrected chi connectivity index (χ4v) is 5.89. The van der Waals surface area contributed by atoms with E-state index >= 15 is 0 Å². The highest BCUT2D eigenvalue weighted by Gasteiger charge is 2.39. The van der Waals surface area contributed by atoms with Crippen molar-refractivity contribution in [2.24, 2.45) is 7.05 Å². The zero-order valence-electron chi connectivity index (χ0n) is 18.3. The molecule has 2 atom stereocenters. The van der Waals surface area contributed by atoms with Crippen molar-refractivity contribution in [3.8, 4) is 0 Å². The molecular formula is C24H26F2N4O2S. The number of fused-ring (bicyclic) bond motifs is 1. The Kier molecular flexibility index (Phi) is 5.80. The number of aryl methyl sites for hydroxylation is 1. The molecule has 1 fully saturated rings. The summed E-state index contributed by atoms with van der Waals surface area (Å²) < 4.78 is 57.8. The van der Waals surface area contributed by atoms with Gasteiger partial charge in [-0.2, -0.15) is 0 Å². The van der Waals surface area contributed by atoms with E-state index in [0.717, 1.165) is 42.6 Å². The number of aromatic nitrogens is 2. The van der Waals surface area contributed by atoms with E-state index in [2.05, 4.69) is 14.6 Å². The van der Waals surface area contributed by atoms with Crippen molar-refractivity contribution in [1.29, 1.82) is 0 Å². The molecule has 1 aliphatic carbocycles. The zero-order valence-corrected chi connectivity index (χ0v) is 19.2. The maximum absolute atomic E-state index is 14.9. The second-order valence-electron chi connectivity index (χ2n) is 8.95. The van der Waals surface area contributed by atoms with E-state index in [1.165, 1.54) is 29.2 Å². The number of hydrogen-bond donors (Lipinski definition) is 1. The number of hydrogen-bond acceptors (Lipinski definition) is 4. The van der Waals surface area contributed by atoms with E-state index in [4.69, 9.17) is 0 Å². The summed E-state index contributed by atoms with van der Waals surface area (Å²) in [5, 5.41) is -0.103. The highest BCUT2D eigenvalue weighted by Crippen LogP contribution is 2.41. The van der Waals surface area contributed by atoms with Crippen molar-refractivity contribution >= 4 is 10.0 Å². The van der Waals surface area contributed by atoms with Crippen molar-refractivity contribution in [1.82, 2.24) is 19.2 Å². The van der Waals surface area contributed by atoms with Crippen LogP contribution in [0.15, 0.2) is 53.9 Å². The molecule has 1 aromatic heterocycles. The van der Waals surface area contributed by atoms with E-state index in [-0.39, 0.29) is 29.3 Å². The molecule has 6 nitrogen and oxygen atoms in total. The Morgan fingerprint density at radius 1 is 1.18 bits per heavy atom. The fourth-order valence-electron chi connectivity index (χ4n) is 4.90. The molecule has 33 heavy (non-hydrogen) atoms. The van der Waals surface area contributed by atoms with Crippen molar-refractivity contribution < 1.29 is 17.2 Å². The summed E-state index contributed by atoms with van der Waals surface area (Å²) in [5.41, 5.74) is 3.16. The molecule has 0 bridgehead atoms. The van der Waals surface area contributed by atoms with Gasteiger partial charge >= 0.3 is 0 Å². The van der Waals surface area contributed by atoms with Gasteiger partial charge in [-0.1, -0.05) is 18.2 Å². The fraction of sp³-hybridized carbons (Fsp3) is 0.375. The van der Waals surface area contributed by atoms with E-state index in [1.807, 2.05) is 6.07 Å². The van der Waals surface area contributed by atoms with E-state index < -0.39 is 15.8 Å². The zero-order chi connectivity index (χ0) is 23.2. The molecule has 5 rings (SSSR count). The Morgan fingerprint density at radius 2 is 2.00 bits per heavy atom. The third kappa shape index (κ3) is 4.45. The summed E-state index contributed by atoms with van der Waals surface area (Å²) in [7, 11) is -2.17. The van der Waals surface area contributed by atoms with Gasteiger partial charge in [0.05, 0.1) is 6.33 Å². The summed E-state index contributed by atoms with van der Waals surface area (Å²) >= 11 is 0. The van der Waals surface area contributed by atoms with Gasteiger partial charge in [0, 0.05) is 37.3 Å². The number of imidazole rings is 1. The second kappa shape index (κ2) is 8.62. The molecular weight excluding hydrogens is 446 g/mol. The molecule has 9 heteroatoms. The molecule has 2 aromatic carbocycles. The lowest BCUT2D eigenvalue weighted by Gasteiger charge is -2.39. The van der Waals surface area contributed by atoms with Crippen LogP contribution in [-0.4, -0.2) is 42.0 Å². The van der Waals surface area contributed by atoms with Crippen LogP contribution in [0.25, 0.3) is 0 Å². The second-order valence-corrected chi connectivity index (χ2v) is 10.7. The molecule has 2 aliphatic rings. The first-order valence-corrected chi connectivity index (χ1v) is 12.6. The van der Waals surface area contributed by atoms with Crippen LogP contribution in [0.4, 0.5) is 8.78 Å². The van der Waals surface area contributed by atoms with Gasteiger partial charge in [-0.3, -0.25) is 4.90 Å². The van der Waals surface area contributed by atoms with Crippen molar-refractivity contribution in [2.75, 3.05) is 13.1 Å². The molecule has 0 amide bonds. The van der Waals surface area contributed by atoms with Gasteiger partial charge in [0.2, 0.25) is 0 Å². The monoisotopic (exact) mass is 472 g/mol. The van der Waals surface area contributed by atoms with E-state index in [0.29, 0.717) is 12.0 Å². The number of likely N-dealkylation sites (tertiary alicyclic amines) is 1. The molecule has 0 radical (unpaired) electrons. The molecule has 2 unspecified atom stereocenters. The Balaban J connectivity index is 1.42. The molecule has 1 N–H and O–H groups in total. The lowest BCUT2D eigenvalue weighted by molar-refractivity contribution is 0.106. The first-order chi connectivity index (χ1) is 15.8. The topological polar surface area (TPSA) is 67.2 Å². The van der Waals surface area contributed by atoms with E-state index in [9.17, 15) is 17.2 Å². The minimum Gasteiger partial charge on any atom is -0.339 e. The van der Waals surface area contributed by atoms with Gasteiger partial charge in [0.25, 0.3) is 10.0 Å². The molecule has 2 heterocycles. The van der Waals surface area contributed by atoms with Crippen LogP contribution in [0, 0.1) is 11.6 Å². The largest absolute Gasteiger partial charge is 0.339 e. The third-order valence-electron chi connectivity index (χ3n) is 6.71. The molecule has 0 saturated carbocycles. The van der Waals surface area contributed by atoms with Crippen LogP contribution in [-0.2, 0) is 36.5 Å². The highest BCUT2D eigenvalue weighted by molar-refractivity contribution is 7.89. The van der Waals surface area contributed by atoms with Crippen LogP contribution in [0.3, 0.4) is 0 Å². The summed E-state index contributed by atoms with van der Waals surface area (Å²) in [6.45, 7) is 1.86. The van der Waals surface area contributed by atoms with Crippen LogP contribution < -0.4 is 4.72 Å². The Morgan fingerprint density at radius 3 is 2.67 bits per heavy atom. The first kappa shape index (κ1) is 22.2. The summed E-state index contributed by atoms with van der Waals surface area (Å²) in [5.74, 6) is -0.602. The van der Waals surface area contributed by atoms with Crippen molar-refractivity contribution in [2.45, 2.75) is 42.8 Å². The van der Waals surface area contributed by atoms with Crippen LogP contribution >= 0.6 is 0 Å². The molecule has 1 aliphatic heterocycles. The Hall–Kier alpha value is -2.62. The first-order valence-electron chi connectivity index (χ1n) is 11.1. The standard InChI is InChI=1S/C24H26F2N4O2S/c1-29-14-24(27-15-29)33(31,32)28-13-18-10-20-17(11-22(18)26)12-23(30-6-3-7-30)21(20)9-16-4-2-5-19(25)8-16/h2,4-5,8,10-11,14-15,21,23,28H,3,6-7,9,12-13H2,1H3. The number of nitrogens with zero attached hydrogens (tertiary/aromatic N) is 3. The van der Waals surface area contributed by atoms with Crippen LogP contribution in [0.2, 0.25) is 0 Å². The van der Waals surface area contributed by atoms with Gasteiger partial charge in [-0.15, -0.1) is 0 Å². The summed E-state index contributed by atoms with van der Waals surface area (Å²) in [6, 6.07) is 10.2. The minimum atomic E-state index is -3.85. The summed E-state index contributed by atoms with van der Waals surface area (Å²) in [4.78, 5) is 6.28. The molecule has 1 saturated heterocycles. The predicted molar refractivity (Wildman–Crippen MR) is 120 cm³/mol. The van der Waals surface area contributed by atoms with Crippen molar-refractivity contribution in [3.05, 3.63) is 82.8 Å². The highest BCUT2D eigenvalue weighted by atomic mass is 32.2. The van der Waals surface area contributed by atoms with E-state index in [1.54, 1.807) is 25.2 Å². The molecule has 0 spiro atoms. The number of rotatable bonds is 7. The Labute approximate surface area is 192 Å². The minimum absolute atomic E-state index is 0.0915. The Bertz CT molecular complexity index is 1290. The number of nitrogens with one attached hydrogen (secondary N) is 1. The number of halogens is 2. The van der Waals surface area contributed by atoms with Crippen molar-refractivity contribution in [3.63, 3.8) is 0 Å². The number of sulfonamides is 1. The van der Waals surface area contributed by atoms with Crippen LogP contribution in [0.1, 0.15) is 34.6 Å². The number of benzene rings is 2. The predicted octanol–water partition coefficient (Wildman–Crippen LogP) is 3.13. The van der Waals surface area contributed by atoms with Crippen LogP contribution in [0.5, 0.6) is 0 Å². The third-order valence-corrected chi connectivity index (χ3v) is 8.00. The van der Waals surface area contributed by atoms with Gasteiger partial charge in [-0.25, -0.2) is 26.9 Å². The van der Waals surface area contributed by atoms with Gasteiger partial charge in [0.15, 0.2) is 5.03 Å².